The van der Waals surface area contributed by atoms with Crippen LogP contribution in [-0.2, 0) is 4.79 Å². The summed E-state index contributed by atoms with van der Waals surface area (Å²) < 4.78 is 0. The van der Waals surface area contributed by atoms with E-state index >= 15 is 0 Å². The summed E-state index contributed by atoms with van der Waals surface area (Å²) >= 11 is 0. The van der Waals surface area contributed by atoms with Gasteiger partial charge in [-0.3, -0.25) is 9.89 Å². The molecule has 1 aromatic rings. The number of carbonyl (C=O) groups excluding carboxylic acids is 2. The van der Waals surface area contributed by atoms with Crippen molar-refractivity contribution >= 4 is 12.2 Å². The van der Waals surface area contributed by atoms with E-state index in [1.54, 1.807) is 11.0 Å². The number of hydrogen-bond donors (Lipinski definition) is 1. The van der Waals surface area contributed by atoms with Crippen LogP contribution < -0.4 is 0 Å². The normalized spacial score (nSPS) is 19.9. The summed E-state index contributed by atoms with van der Waals surface area (Å²) in [7, 11) is 0. The van der Waals surface area contributed by atoms with Crippen LogP contribution in [0, 0.1) is 5.92 Å². The first-order valence-electron chi connectivity index (χ1n) is 5.91. The second-order valence-electron chi connectivity index (χ2n) is 4.80. The third-order valence-electron chi connectivity index (χ3n) is 3.14. The minimum atomic E-state index is -0.0856. The molecule has 1 fully saturated rings. The molecule has 2 heterocycles. The number of nitrogens with zero attached hydrogens (tertiary/aromatic N) is 2. The zero-order valence-corrected chi connectivity index (χ0v) is 10.1. The second-order valence-corrected chi connectivity index (χ2v) is 4.80. The van der Waals surface area contributed by atoms with Gasteiger partial charge in [0.2, 0.25) is 0 Å². The maximum Gasteiger partial charge on any atom is 0.274 e. The highest BCUT2D eigenvalue weighted by Crippen LogP contribution is 2.18. The van der Waals surface area contributed by atoms with Crippen LogP contribution in [0.2, 0.25) is 0 Å². The summed E-state index contributed by atoms with van der Waals surface area (Å²) in [6, 6.07) is 1.79. The molecular weight excluding hydrogens is 218 g/mol. The quantitative estimate of drug-likeness (QED) is 0.800. The van der Waals surface area contributed by atoms with Gasteiger partial charge in [0.15, 0.2) is 0 Å². The Bertz CT molecular complexity index is 425. The van der Waals surface area contributed by atoms with Gasteiger partial charge in [-0.15, -0.1) is 0 Å². The fraction of sp³-hybridized carbons (Fsp3) is 0.583. The van der Waals surface area contributed by atoms with E-state index in [1.807, 2.05) is 13.8 Å². The molecule has 17 heavy (non-hydrogen) atoms. The third-order valence-corrected chi connectivity index (χ3v) is 3.14. The van der Waals surface area contributed by atoms with Crippen LogP contribution in [0.3, 0.4) is 0 Å². The van der Waals surface area contributed by atoms with Gasteiger partial charge >= 0.3 is 0 Å². The Hall–Kier alpha value is -1.65. The molecule has 1 aromatic heterocycles. The highest BCUT2D eigenvalue weighted by Gasteiger charge is 2.27. The molecule has 5 heteroatoms. The maximum atomic E-state index is 12.1. The number of hydrogen-bond acceptors (Lipinski definition) is 3. The van der Waals surface area contributed by atoms with E-state index in [9.17, 15) is 9.59 Å². The van der Waals surface area contributed by atoms with Crippen LogP contribution in [0.1, 0.15) is 42.4 Å². The fourth-order valence-electron chi connectivity index (χ4n) is 1.99. The van der Waals surface area contributed by atoms with Gasteiger partial charge in [0, 0.05) is 24.7 Å². The van der Waals surface area contributed by atoms with Crippen LogP contribution in [-0.4, -0.2) is 40.4 Å². The number of likely N-dealkylation sites (tertiary alicyclic amines) is 1. The minimum absolute atomic E-state index is 0.0116. The van der Waals surface area contributed by atoms with Crippen LogP contribution in [0.15, 0.2) is 6.07 Å². The molecule has 0 bridgehead atoms. The van der Waals surface area contributed by atoms with Crippen molar-refractivity contribution in [1.82, 2.24) is 15.1 Å². The van der Waals surface area contributed by atoms with Crippen LogP contribution >= 0.6 is 0 Å². The molecule has 2 rings (SSSR count). The Morgan fingerprint density at radius 3 is 2.94 bits per heavy atom. The van der Waals surface area contributed by atoms with Gasteiger partial charge in [0.1, 0.15) is 12.0 Å². The summed E-state index contributed by atoms with van der Waals surface area (Å²) in [5.41, 5.74) is 1.40. The largest absolute Gasteiger partial charge is 0.337 e. The molecule has 0 radical (unpaired) electrons. The van der Waals surface area contributed by atoms with Crippen molar-refractivity contribution in [1.29, 1.82) is 0 Å². The summed E-state index contributed by atoms with van der Waals surface area (Å²) in [4.78, 5) is 24.4. The predicted octanol–water partition coefficient (Wildman–Crippen LogP) is 1.19. The number of aldehydes is 1. The SMILES string of the molecule is CC(C)c1cc(C(=O)N2CCC(C=O)C2)n[nH]1. The Morgan fingerprint density at radius 1 is 1.65 bits per heavy atom. The van der Waals surface area contributed by atoms with Crippen molar-refractivity contribution in [3.8, 4) is 0 Å². The Labute approximate surface area is 100 Å². The summed E-state index contributed by atoms with van der Waals surface area (Å²) in [5.74, 6) is 0.227. The first kappa shape index (κ1) is 11.8. The maximum absolute atomic E-state index is 12.1. The van der Waals surface area contributed by atoms with E-state index in [1.165, 1.54) is 0 Å². The van der Waals surface area contributed by atoms with Gasteiger partial charge in [0.25, 0.3) is 5.91 Å². The van der Waals surface area contributed by atoms with Crippen molar-refractivity contribution in [2.75, 3.05) is 13.1 Å². The third kappa shape index (κ3) is 2.38. The Balaban J connectivity index is 2.07. The molecule has 92 valence electrons. The molecule has 0 saturated carbocycles. The van der Waals surface area contributed by atoms with Crippen molar-refractivity contribution in [3.63, 3.8) is 0 Å². The van der Waals surface area contributed by atoms with Crippen LogP contribution in [0.5, 0.6) is 0 Å². The zero-order valence-electron chi connectivity index (χ0n) is 10.1. The van der Waals surface area contributed by atoms with Gasteiger partial charge in [-0.1, -0.05) is 13.8 Å². The molecule has 1 aliphatic heterocycles. The molecule has 1 saturated heterocycles. The molecule has 1 unspecified atom stereocenters. The van der Waals surface area contributed by atoms with E-state index in [4.69, 9.17) is 0 Å². The zero-order chi connectivity index (χ0) is 12.4. The monoisotopic (exact) mass is 235 g/mol. The van der Waals surface area contributed by atoms with Gasteiger partial charge in [0.05, 0.1) is 0 Å². The Kier molecular flexibility index (Phi) is 3.26. The van der Waals surface area contributed by atoms with Crippen molar-refractivity contribution in [2.45, 2.75) is 26.2 Å². The van der Waals surface area contributed by atoms with Crippen molar-refractivity contribution < 1.29 is 9.59 Å². The number of amides is 1. The van der Waals surface area contributed by atoms with E-state index < -0.39 is 0 Å². The molecule has 1 amide bonds. The number of nitrogens with one attached hydrogen (secondary N) is 1. The number of aromatic amines is 1. The fourth-order valence-corrected chi connectivity index (χ4v) is 1.99. The van der Waals surface area contributed by atoms with E-state index in [2.05, 4.69) is 10.2 Å². The summed E-state index contributed by atoms with van der Waals surface area (Å²) in [6.45, 7) is 5.25. The van der Waals surface area contributed by atoms with Crippen LogP contribution in [0.25, 0.3) is 0 Å². The molecule has 0 aliphatic carbocycles. The summed E-state index contributed by atoms with van der Waals surface area (Å²) in [5, 5.41) is 6.90. The molecule has 0 aromatic carbocycles. The number of rotatable bonds is 3. The lowest BCUT2D eigenvalue weighted by atomic mass is 10.1. The topological polar surface area (TPSA) is 66.1 Å². The standard InChI is InChI=1S/C12H17N3O2/c1-8(2)10-5-11(14-13-10)12(17)15-4-3-9(6-15)7-16/h5,7-9H,3-4,6H2,1-2H3,(H,13,14). The number of H-pyrrole nitrogens is 1. The second kappa shape index (κ2) is 4.69. The average molecular weight is 235 g/mol. The van der Waals surface area contributed by atoms with Crippen molar-refractivity contribution in [2.24, 2.45) is 5.92 Å². The molecular formula is C12H17N3O2. The minimum Gasteiger partial charge on any atom is -0.337 e. The first-order valence-corrected chi connectivity index (χ1v) is 5.91. The van der Waals surface area contributed by atoms with E-state index in [0.717, 1.165) is 18.4 Å². The lowest BCUT2D eigenvalue weighted by Crippen LogP contribution is -2.29. The Morgan fingerprint density at radius 2 is 2.41 bits per heavy atom. The van der Waals surface area contributed by atoms with Gasteiger partial charge in [-0.05, 0) is 18.4 Å². The molecule has 5 nitrogen and oxygen atoms in total. The van der Waals surface area contributed by atoms with Crippen LogP contribution in [0.4, 0.5) is 0 Å². The van der Waals surface area contributed by atoms with Gasteiger partial charge < -0.3 is 9.69 Å². The van der Waals surface area contributed by atoms with E-state index in [-0.39, 0.29) is 11.8 Å². The summed E-state index contributed by atoms with van der Waals surface area (Å²) in [6.07, 6.45) is 1.69. The van der Waals surface area contributed by atoms with Gasteiger partial charge in [-0.2, -0.15) is 5.10 Å². The van der Waals surface area contributed by atoms with Gasteiger partial charge in [-0.25, -0.2) is 0 Å². The molecule has 1 atom stereocenters. The van der Waals surface area contributed by atoms with Crippen molar-refractivity contribution in [3.05, 3.63) is 17.5 Å². The molecule has 1 N–H and O–H groups in total. The highest BCUT2D eigenvalue weighted by atomic mass is 16.2. The predicted molar refractivity (Wildman–Crippen MR) is 62.8 cm³/mol. The molecule has 1 aliphatic rings. The van der Waals surface area contributed by atoms with E-state index in [0.29, 0.717) is 24.7 Å². The molecule has 0 spiro atoms. The smallest absolute Gasteiger partial charge is 0.274 e. The lowest BCUT2D eigenvalue weighted by Gasteiger charge is -2.13. The lowest BCUT2D eigenvalue weighted by molar-refractivity contribution is -0.110. The average Bonchev–Trinajstić information content (AvgIpc) is 2.97. The number of carbonyl (C=O) groups is 2. The number of aromatic nitrogens is 2. The first-order chi connectivity index (χ1) is 8.11. The highest BCUT2D eigenvalue weighted by molar-refractivity contribution is 5.92.